The highest BCUT2D eigenvalue weighted by molar-refractivity contribution is 7.99. The van der Waals surface area contributed by atoms with Crippen molar-refractivity contribution in [2.24, 2.45) is 0 Å². The first-order chi connectivity index (χ1) is 10.1. The van der Waals surface area contributed by atoms with Crippen LogP contribution in [0.25, 0.3) is 5.65 Å². The van der Waals surface area contributed by atoms with E-state index >= 15 is 0 Å². The summed E-state index contributed by atoms with van der Waals surface area (Å²) < 4.78 is 15.6. The van der Waals surface area contributed by atoms with E-state index in [4.69, 9.17) is 0 Å². The highest BCUT2D eigenvalue weighted by Gasteiger charge is 2.18. The molecule has 0 radical (unpaired) electrons. The Kier molecular flexibility index (Phi) is 3.30. The van der Waals surface area contributed by atoms with Gasteiger partial charge in [-0.1, -0.05) is 11.8 Å². The summed E-state index contributed by atoms with van der Waals surface area (Å²) in [5, 5.41) is 14.7. The minimum Gasteiger partial charge on any atom is -0.258 e. The molecule has 0 spiro atoms. The van der Waals surface area contributed by atoms with Gasteiger partial charge in [0, 0.05) is 27.6 Å². The lowest BCUT2D eigenvalue weighted by molar-refractivity contribution is -0.387. The first-order valence-electron chi connectivity index (χ1n) is 5.97. The van der Waals surface area contributed by atoms with Crippen LogP contribution >= 0.6 is 11.8 Å². The Labute approximate surface area is 122 Å². The Morgan fingerprint density at radius 3 is 2.95 bits per heavy atom. The minimum atomic E-state index is -0.798. The van der Waals surface area contributed by atoms with Gasteiger partial charge in [0.1, 0.15) is 6.33 Å². The third-order valence-electron chi connectivity index (χ3n) is 2.99. The summed E-state index contributed by atoms with van der Waals surface area (Å²) in [6.07, 6.45) is 3.20. The van der Waals surface area contributed by atoms with E-state index in [1.165, 1.54) is 31.1 Å². The van der Waals surface area contributed by atoms with Gasteiger partial charge in [0.15, 0.2) is 5.65 Å². The fourth-order valence-corrected chi connectivity index (χ4v) is 2.82. The van der Waals surface area contributed by atoms with Crippen LogP contribution in [0.5, 0.6) is 0 Å². The maximum Gasteiger partial charge on any atom is 0.305 e. The lowest BCUT2D eigenvalue weighted by Gasteiger charge is -2.07. The zero-order valence-electron chi connectivity index (χ0n) is 10.9. The molecule has 0 unspecified atom stereocenters. The van der Waals surface area contributed by atoms with Crippen LogP contribution in [0.2, 0.25) is 0 Å². The summed E-state index contributed by atoms with van der Waals surface area (Å²) >= 11 is 1.32. The molecule has 0 amide bonds. The third-order valence-corrected chi connectivity index (χ3v) is 4.14. The maximum atomic E-state index is 13.9. The van der Waals surface area contributed by atoms with E-state index in [-0.39, 0.29) is 5.56 Å². The van der Waals surface area contributed by atoms with Crippen LogP contribution in [0.4, 0.5) is 10.1 Å². The van der Waals surface area contributed by atoms with Gasteiger partial charge < -0.3 is 0 Å². The Bertz CT molecular complexity index is 849. The van der Waals surface area contributed by atoms with Gasteiger partial charge in [-0.2, -0.15) is 9.49 Å². The zero-order valence-corrected chi connectivity index (χ0v) is 11.7. The molecule has 8 heteroatoms. The lowest BCUT2D eigenvalue weighted by atomic mass is 10.2. The largest absolute Gasteiger partial charge is 0.305 e. The van der Waals surface area contributed by atoms with Gasteiger partial charge in [0.2, 0.25) is 5.82 Å². The number of fused-ring (bicyclic) bond motifs is 1. The molecule has 3 rings (SSSR count). The number of nitro groups is 1. The molecule has 0 atom stereocenters. The standard InChI is InChI=1S/C13H9FN4O2S/c1-8-11(3-2-10(13(8)14)18(19)20)21-9-4-5-17-12(6-9)15-7-16-17/h2-7H,1H3. The van der Waals surface area contributed by atoms with Gasteiger partial charge >= 0.3 is 5.69 Å². The molecule has 21 heavy (non-hydrogen) atoms. The average Bonchev–Trinajstić information content (AvgIpc) is 2.91. The van der Waals surface area contributed by atoms with Gasteiger partial charge in [0.05, 0.1) is 4.92 Å². The summed E-state index contributed by atoms with van der Waals surface area (Å²) in [6.45, 7) is 1.53. The summed E-state index contributed by atoms with van der Waals surface area (Å²) in [7, 11) is 0. The first-order valence-corrected chi connectivity index (χ1v) is 6.78. The number of aromatic nitrogens is 3. The fourth-order valence-electron chi connectivity index (χ4n) is 1.89. The predicted molar refractivity (Wildman–Crippen MR) is 74.9 cm³/mol. The third kappa shape index (κ3) is 2.45. The molecule has 0 aliphatic rings. The van der Waals surface area contributed by atoms with Gasteiger partial charge in [-0.05, 0) is 25.1 Å². The second-order valence-corrected chi connectivity index (χ2v) is 5.42. The van der Waals surface area contributed by atoms with Crippen molar-refractivity contribution < 1.29 is 9.31 Å². The van der Waals surface area contributed by atoms with Gasteiger partial charge in [-0.15, -0.1) is 0 Å². The summed E-state index contributed by atoms with van der Waals surface area (Å²) in [4.78, 5) is 15.5. The second kappa shape index (κ2) is 5.13. The van der Waals surface area contributed by atoms with E-state index in [0.717, 1.165) is 4.90 Å². The van der Waals surface area contributed by atoms with Gasteiger partial charge in [-0.25, -0.2) is 9.50 Å². The SMILES string of the molecule is Cc1c(Sc2ccn3ncnc3c2)ccc([N+](=O)[O-])c1F. The van der Waals surface area contributed by atoms with Crippen molar-refractivity contribution in [3.63, 3.8) is 0 Å². The molecule has 2 heterocycles. The van der Waals surface area contributed by atoms with Crippen LogP contribution in [0.1, 0.15) is 5.56 Å². The normalized spacial score (nSPS) is 11.0. The number of hydrogen-bond acceptors (Lipinski definition) is 5. The number of rotatable bonds is 3. The van der Waals surface area contributed by atoms with Crippen molar-refractivity contribution in [2.75, 3.05) is 0 Å². The van der Waals surface area contributed by atoms with Crippen LogP contribution in [-0.4, -0.2) is 19.5 Å². The number of pyridine rings is 1. The molecule has 0 aliphatic heterocycles. The quantitative estimate of drug-likeness (QED) is 0.548. The van der Waals surface area contributed by atoms with E-state index in [9.17, 15) is 14.5 Å². The molecular weight excluding hydrogens is 295 g/mol. The number of nitrogens with zero attached hydrogens (tertiary/aromatic N) is 4. The topological polar surface area (TPSA) is 73.3 Å². The van der Waals surface area contributed by atoms with E-state index in [0.29, 0.717) is 10.5 Å². The molecule has 2 aromatic heterocycles. The van der Waals surface area contributed by atoms with Crippen LogP contribution in [0.15, 0.2) is 46.6 Å². The molecule has 0 saturated carbocycles. The van der Waals surface area contributed by atoms with Crippen molar-refractivity contribution in [1.82, 2.24) is 14.6 Å². The molecule has 6 nitrogen and oxygen atoms in total. The minimum absolute atomic E-state index is 0.260. The van der Waals surface area contributed by atoms with E-state index in [1.807, 2.05) is 12.1 Å². The number of benzene rings is 1. The molecular formula is C13H9FN4O2S. The molecule has 106 valence electrons. The predicted octanol–water partition coefficient (Wildman–Crippen LogP) is 3.24. The van der Waals surface area contributed by atoms with Crippen LogP contribution < -0.4 is 0 Å². The first kappa shape index (κ1) is 13.5. The smallest absolute Gasteiger partial charge is 0.258 e. The monoisotopic (exact) mass is 304 g/mol. The van der Waals surface area contributed by atoms with Crippen molar-refractivity contribution in [3.05, 3.63) is 58.3 Å². The fraction of sp³-hybridized carbons (Fsp3) is 0.0769. The molecule has 0 saturated heterocycles. The van der Waals surface area contributed by atoms with Crippen molar-refractivity contribution in [1.29, 1.82) is 0 Å². The highest BCUT2D eigenvalue weighted by atomic mass is 32.2. The molecule has 0 bridgehead atoms. The summed E-state index contributed by atoms with van der Waals surface area (Å²) in [6, 6.07) is 6.37. The Balaban J connectivity index is 1.97. The van der Waals surface area contributed by atoms with Crippen LogP contribution in [0, 0.1) is 22.9 Å². The second-order valence-electron chi connectivity index (χ2n) is 4.31. The molecule has 1 aromatic carbocycles. The van der Waals surface area contributed by atoms with Crippen molar-refractivity contribution in [2.45, 2.75) is 16.7 Å². The number of hydrogen-bond donors (Lipinski definition) is 0. The summed E-state index contributed by atoms with van der Waals surface area (Å²) in [5.41, 5.74) is 0.431. The highest BCUT2D eigenvalue weighted by Crippen LogP contribution is 2.34. The Morgan fingerprint density at radius 2 is 2.19 bits per heavy atom. The number of nitro benzene ring substituents is 1. The maximum absolute atomic E-state index is 13.9. The molecule has 0 N–H and O–H groups in total. The van der Waals surface area contributed by atoms with E-state index in [2.05, 4.69) is 10.1 Å². The molecule has 0 aliphatic carbocycles. The Hall–Kier alpha value is -2.48. The van der Waals surface area contributed by atoms with Crippen molar-refractivity contribution in [3.8, 4) is 0 Å². The van der Waals surface area contributed by atoms with Gasteiger partial charge in [0.25, 0.3) is 0 Å². The molecule has 0 fully saturated rings. The van der Waals surface area contributed by atoms with Gasteiger partial charge in [-0.3, -0.25) is 10.1 Å². The van der Waals surface area contributed by atoms with E-state index in [1.54, 1.807) is 16.8 Å². The summed E-state index contributed by atoms with van der Waals surface area (Å²) in [5.74, 6) is -0.798. The number of halogens is 1. The van der Waals surface area contributed by atoms with Crippen LogP contribution in [-0.2, 0) is 0 Å². The van der Waals surface area contributed by atoms with Crippen molar-refractivity contribution >= 4 is 23.1 Å². The molecule has 3 aromatic rings. The van der Waals surface area contributed by atoms with E-state index < -0.39 is 16.4 Å². The Morgan fingerprint density at radius 1 is 1.38 bits per heavy atom. The lowest BCUT2D eigenvalue weighted by Crippen LogP contribution is -1.96. The average molecular weight is 304 g/mol. The zero-order chi connectivity index (χ0) is 15.0. The van der Waals surface area contributed by atoms with Crippen LogP contribution in [0.3, 0.4) is 0 Å².